The molecule has 2 aliphatic rings. The standard InChI is InChI=1S/C25H46BNO3SSi/c1-20(12-9-14-22-15-11-17-31-22)23(26-29-24(2,3)25(4,5)30-26)32(7,8)19-27-16-10-13-21(27)18-28-6/h11,15,17,20-21,23H,9-10,12-14,16,18-19H2,1-8H3/t20-,21-,23+/m0/s1. The third kappa shape index (κ3) is 6.08. The molecule has 3 rings (SSSR count). The van der Waals surface area contributed by atoms with Crippen LogP contribution in [0.1, 0.15) is 65.2 Å². The van der Waals surface area contributed by atoms with Gasteiger partial charge in [0.15, 0.2) is 0 Å². The maximum absolute atomic E-state index is 6.70. The number of methoxy groups -OCH3 is 1. The van der Waals surface area contributed by atoms with E-state index in [4.69, 9.17) is 14.0 Å². The molecule has 0 spiro atoms. The molecule has 1 aromatic heterocycles. The predicted molar refractivity (Wildman–Crippen MR) is 140 cm³/mol. The highest BCUT2D eigenvalue weighted by molar-refractivity contribution is 7.09. The molecule has 2 aliphatic heterocycles. The second kappa shape index (κ2) is 10.6. The number of thiophene rings is 1. The lowest BCUT2D eigenvalue weighted by Crippen LogP contribution is -2.54. The number of rotatable bonds is 11. The van der Waals surface area contributed by atoms with E-state index in [1.807, 2.05) is 18.4 Å². The minimum atomic E-state index is -1.72. The number of ether oxygens (including phenoxy) is 1. The lowest BCUT2D eigenvalue weighted by Gasteiger charge is -2.41. The first-order valence-corrected chi connectivity index (χ1v) is 16.7. The van der Waals surface area contributed by atoms with Crippen molar-refractivity contribution in [2.24, 2.45) is 5.92 Å². The number of hydrogen-bond donors (Lipinski definition) is 0. The molecule has 4 nitrogen and oxygen atoms in total. The van der Waals surface area contributed by atoms with Gasteiger partial charge in [0.2, 0.25) is 0 Å². The highest BCUT2D eigenvalue weighted by Gasteiger charge is 2.58. The van der Waals surface area contributed by atoms with Crippen LogP contribution in [0, 0.1) is 5.92 Å². The van der Waals surface area contributed by atoms with Crippen molar-refractivity contribution in [2.45, 2.75) is 103 Å². The molecular weight excluding hydrogens is 433 g/mol. The zero-order valence-electron chi connectivity index (χ0n) is 21.8. The predicted octanol–water partition coefficient (Wildman–Crippen LogP) is 6.07. The summed E-state index contributed by atoms with van der Waals surface area (Å²) in [5.41, 5.74) is -0.0808. The Kier molecular flexibility index (Phi) is 8.76. The average Bonchev–Trinajstić information content (AvgIpc) is 3.37. The van der Waals surface area contributed by atoms with Gasteiger partial charge in [-0.2, -0.15) is 0 Å². The largest absolute Gasteiger partial charge is 0.458 e. The summed E-state index contributed by atoms with van der Waals surface area (Å²) in [5.74, 6) is 0.579. The fourth-order valence-electron chi connectivity index (χ4n) is 5.79. The van der Waals surface area contributed by atoms with Gasteiger partial charge >= 0.3 is 7.12 Å². The molecule has 0 aliphatic carbocycles. The van der Waals surface area contributed by atoms with Crippen LogP contribution in [0.15, 0.2) is 17.5 Å². The molecule has 3 atom stereocenters. The third-order valence-electron chi connectivity index (χ3n) is 8.21. The maximum Gasteiger partial charge on any atom is 0.458 e. The third-order valence-corrected chi connectivity index (χ3v) is 13.0. The van der Waals surface area contributed by atoms with Crippen LogP contribution in [-0.4, -0.2) is 63.8 Å². The van der Waals surface area contributed by atoms with Crippen molar-refractivity contribution in [1.82, 2.24) is 4.90 Å². The van der Waals surface area contributed by atoms with E-state index in [9.17, 15) is 0 Å². The summed E-state index contributed by atoms with van der Waals surface area (Å²) < 4.78 is 18.9. The highest BCUT2D eigenvalue weighted by Crippen LogP contribution is 2.46. The van der Waals surface area contributed by atoms with E-state index in [2.05, 4.69) is 70.1 Å². The van der Waals surface area contributed by atoms with Gasteiger partial charge in [0.25, 0.3) is 0 Å². The lowest BCUT2D eigenvalue weighted by atomic mass is 9.75. The van der Waals surface area contributed by atoms with Crippen molar-refractivity contribution in [3.63, 3.8) is 0 Å². The van der Waals surface area contributed by atoms with Crippen molar-refractivity contribution in [3.05, 3.63) is 22.4 Å². The van der Waals surface area contributed by atoms with E-state index in [0.29, 0.717) is 17.4 Å². The first-order valence-electron chi connectivity index (χ1n) is 12.6. The van der Waals surface area contributed by atoms with Gasteiger partial charge in [-0.05, 0) is 88.9 Å². The fraction of sp³-hybridized carbons (Fsp3) is 0.840. The summed E-state index contributed by atoms with van der Waals surface area (Å²) >= 11 is 1.88. The Bertz CT molecular complexity index is 696. The summed E-state index contributed by atoms with van der Waals surface area (Å²) in [4.78, 5) is 4.21. The van der Waals surface area contributed by atoms with Crippen molar-refractivity contribution in [1.29, 1.82) is 0 Å². The second-order valence-electron chi connectivity index (χ2n) is 11.8. The van der Waals surface area contributed by atoms with Crippen molar-refractivity contribution >= 4 is 26.5 Å². The lowest BCUT2D eigenvalue weighted by molar-refractivity contribution is 0.00578. The van der Waals surface area contributed by atoms with Crippen molar-refractivity contribution in [2.75, 3.05) is 26.4 Å². The SMILES string of the molecule is COC[C@@H]1CCCN1C[Si](C)(C)[C@@H](B1OC(C)(C)C(C)(C)O1)[C@@H](C)CCCc1cccs1. The van der Waals surface area contributed by atoms with Gasteiger partial charge in [0.1, 0.15) is 0 Å². The minimum absolute atomic E-state index is 0.109. The molecule has 1 aromatic rings. The molecule has 0 unspecified atom stereocenters. The smallest absolute Gasteiger partial charge is 0.403 e. The summed E-state index contributed by atoms with van der Waals surface area (Å²) in [5, 5.41) is 2.19. The van der Waals surface area contributed by atoms with Crippen molar-refractivity contribution < 1.29 is 14.0 Å². The Morgan fingerprint density at radius 1 is 1.25 bits per heavy atom. The molecule has 0 amide bonds. The number of nitrogens with zero attached hydrogens (tertiary/aromatic N) is 1. The maximum atomic E-state index is 6.70. The Labute approximate surface area is 202 Å². The van der Waals surface area contributed by atoms with Crippen LogP contribution in [0.25, 0.3) is 0 Å². The molecule has 0 radical (unpaired) electrons. The van der Waals surface area contributed by atoms with Crippen LogP contribution in [0.5, 0.6) is 0 Å². The molecule has 2 fully saturated rings. The van der Waals surface area contributed by atoms with Crippen LogP contribution in [-0.2, 0) is 20.5 Å². The summed E-state index contributed by atoms with van der Waals surface area (Å²) in [6, 6.07) is 5.00. The first kappa shape index (κ1) is 26.4. The van der Waals surface area contributed by atoms with Crippen LogP contribution in [0.4, 0.5) is 0 Å². The van der Waals surface area contributed by atoms with Crippen LogP contribution in [0.2, 0.25) is 18.5 Å². The van der Waals surface area contributed by atoms with Gasteiger partial charge in [0.05, 0.1) is 25.9 Å². The Morgan fingerprint density at radius 3 is 2.53 bits per heavy atom. The van der Waals surface area contributed by atoms with Crippen LogP contribution >= 0.6 is 11.3 Å². The molecular formula is C25H46BNO3SSi. The first-order chi connectivity index (χ1) is 15.0. The number of aryl methyl sites for hydroxylation is 1. The topological polar surface area (TPSA) is 30.9 Å². The summed E-state index contributed by atoms with van der Waals surface area (Å²) in [6.07, 6.45) is 7.39. The number of hydrogen-bond acceptors (Lipinski definition) is 5. The normalized spacial score (nSPS) is 25.4. The zero-order chi connectivity index (χ0) is 23.6. The van der Waals surface area contributed by atoms with E-state index >= 15 is 0 Å². The second-order valence-corrected chi connectivity index (χ2v) is 17.8. The molecule has 0 aromatic carbocycles. The summed E-state index contributed by atoms with van der Waals surface area (Å²) in [7, 11) is 0.0108. The van der Waals surface area contributed by atoms with Crippen LogP contribution in [0.3, 0.4) is 0 Å². The average molecular weight is 480 g/mol. The van der Waals surface area contributed by atoms with Gasteiger partial charge in [0, 0.05) is 18.0 Å². The molecule has 3 heterocycles. The Morgan fingerprint density at radius 2 is 1.94 bits per heavy atom. The van der Waals surface area contributed by atoms with Gasteiger partial charge in [-0.15, -0.1) is 11.3 Å². The molecule has 2 saturated heterocycles. The molecule has 0 N–H and O–H groups in total. The Hall–Kier alpha value is -0.178. The molecule has 182 valence electrons. The minimum Gasteiger partial charge on any atom is -0.403 e. The summed E-state index contributed by atoms with van der Waals surface area (Å²) in [6.45, 7) is 18.4. The van der Waals surface area contributed by atoms with Gasteiger partial charge in [-0.25, -0.2) is 0 Å². The highest BCUT2D eigenvalue weighted by atomic mass is 32.1. The fourth-order valence-corrected chi connectivity index (χ4v) is 10.8. The number of likely N-dealkylation sites (tertiary alicyclic amines) is 1. The van der Waals surface area contributed by atoms with Crippen LogP contribution < -0.4 is 0 Å². The van der Waals surface area contributed by atoms with E-state index in [1.54, 1.807) is 0 Å². The van der Waals surface area contributed by atoms with E-state index in [0.717, 1.165) is 6.61 Å². The van der Waals surface area contributed by atoms with E-state index in [1.165, 1.54) is 49.7 Å². The monoisotopic (exact) mass is 479 g/mol. The Balaban J connectivity index is 1.75. The zero-order valence-corrected chi connectivity index (χ0v) is 23.6. The van der Waals surface area contributed by atoms with Gasteiger partial charge in [-0.3, -0.25) is 0 Å². The van der Waals surface area contributed by atoms with E-state index < -0.39 is 8.07 Å². The molecule has 0 saturated carbocycles. The quantitative estimate of drug-likeness (QED) is 0.361. The van der Waals surface area contributed by atoms with E-state index in [-0.39, 0.29) is 18.3 Å². The van der Waals surface area contributed by atoms with Crippen molar-refractivity contribution in [3.8, 4) is 0 Å². The molecule has 0 bridgehead atoms. The van der Waals surface area contributed by atoms with Gasteiger partial charge in [-0.1, -0.05) is 32.5 Å². The molecule has 32 heavy (non-hydrogen) atoms. The molecule has 7 heteroatoms. The van der Waals surface area contributed by atoms with Gasteiger partial charge < -0.3 is 18.9 Å².